The maximum absolute atomic E-state index is 8.76. The third kappa shape index (κ3) is 3.09. The average molecular weight is 173 g/mol. The van der Waals surface area contributed by atoms with Crippen LogP contribution in [0.5, 0.6) is 0 Å². The lowest BCUT2D eigenvalue weighted by Gasteiger charge is -2.38. The van der Waals surface area contributed by atoms with Crippen LogP contribution in [0.4, 0.5) is 0 Å². The zero-order valence-corrected chi connectivity index (χ0v) is 7.83. The summed E-state index contributed by atoms with van der Waals surface area (Å²) in [5, 5.41) is 8.76. The van der Waals surface area contributed by atoms with E-state index in [0.717, 1.165) is 39.3 Å². The molecule has 0 unspecified atom stereocenters. The van der Waals surface area contributed by atoms with E-state index in [0.29, 0.717) is 12.5 Å². The highest BCUT2D eigenvalue weighted by molar-refractivity contribution is 4.78. The SMILES string of the molecule is CCCOCCN1CC(CO)C1. The van der Waals surface area contributed by atoms with Gasteiger partial charge in [-0.1, -0.05) is 6.92 Å². The van der Waals surface area contributed by atoms with Crippen LogP contribution < -0.4 is 0 Å². The van der Waals surface area contributed by atoms with Gasteiger partial charge < -0.3 is 14.7 Å². The zero-order valence-electron chi connectivity index (χ0n) is 7.83. The first-order chi connectivity index (χ1) is 5.86. The number of nitrogens with zero attached hydrogens (tertiary/aromatic N) is 1. The van der Waals surface area contributed by atoms with Gasteiger partial charge in [0.1, 0.15) is 0 Å². The molecule has 1 fully saturated rings. The Hall–Kier alpha value is -0.120. The Bertz CT molecular complexity index is 113. The number of ether oxygens (including phenoxy) is 1. The van der Waals surface area contributed by atoms with Gasteiger partial charge in [-0.15, -0.1) is 0 Å². The van der Waals surface area contributed by atoms with Crippen LogP contribution in [-0.4, -0.2) is 49.5 Å². The summed E-state index contributed by atoms with van der Waals surface area (Å²) >= 11 is 0. The minimum atomic E-state index is 0.340. The van der Waals surface area contributed by atoms with Crippen molar-refractivity contribution >= 4 is 0 Å². The predicted octanol–water partition coefficient (Wildman–Crippen LogP) is 0.337. The minimum absolute atomic E-state index is 0.340. The molecule has 0 aromatic carbocycles. The Morgan fingerprint density at radius 1 is 1.42 bits per heavy atom. The summed E-state index contributed by atoms with van der Waals surface area (Å²) in [6.07, 6.45) is 1.10. The fourth-order valence-corrected chi connectivity index (χ4v) is 1.41. The van der Waals surface area contributed by atoms with E-state index in [1.165, 1.54) is 0 Å². The quantitative estimate of drug-likeness (QED) is 0.588. The Labute approximate surface area is 74.3 Å². The topological polar surface area (TPSA) is 32.7 Å². The van der Waals surface area contributed by atoms with E-state index in [-0.39, 0.29) is 0 Å². The Balaban J connectivity index is 1.83. The van der Waals surface area contributed by atoms with Crippen LogP contribution in [0.3, 0.4) is 0 Å². The van der Waals surface area contributed by atoms with E-state index in [2.05, 4.69) is 11.8 Å². The first-order valence-electron chi connectivity index (χ1n) is 4.77. The van der Waals surface area contributed by atoms with Gasteiger partial charge in [0.25, 0.3) is 0 Å². The fraction of sp³-hybridized carbons (Fsp3) is 1.00. The average Bonchev–Trinajstić information content (AvgIpc) is 2.01. The molecule has 0 radical (unpaired) electrons. The van der Waals surface area contributed by atoms with Gasteiger partial charge in [0, 0.05) is 38.8 Å². The van der Waals surface area contributed by atoms with Crippen molar-refractivity contribution in [1.82, 2.24) is 4.90 Å². The molecule has 0 aliphatic carbocycles. The number of aliphatic hydroxyl groups is 1. The lowest BCUT2D eigenvalue weighted by molar-refractivity contribution is 0.0243. The molecule has 72 valence electrons. The van der Waals surface area contributed by atoms with Crippen molar-refractivity contribution in [3.63, 3.8) is 0 Å². The Morgan fingerprint density at radius 3 is 2.75 bits per heavy atom. The van der Waals surface area contributed by atoms with Crippen LogP contribution >= 0.6 is 0 Å². The fourth-order valence-electron chi connectivity index (χ4n) is 1.41. The van der Waals surface area contributed by atoms with Gasteiger partial charge in [-0.05, 0) is 6.42 Å². The van der Waals surface area contributed by atoms with Crippen LogP contribution in [0.15, 0.2) is 0 Å². The monoisotopic (exact) mass is 173 g/mol. The summed E-state index contributed by atoms with van der Waals surface area (Å²) < 4.78 is 5.35. The molecule has 0 atom stereocenters. The maximum atomic E-state index is 8.76. The summed E-state index contributed by atoms with van der Waals surface area (Å²) in [4.78, 5) is 2.32. The highest BCUT2D eigenvalue weighted by atomic mass is 16.5. The summed E-state index contributed by atoms with van der Waals surface area (Å²) in [7, 11) is 0. The zero-order chi connectivity index (χ0) is 8.81. The molecule has 3 nitrogen and oxygen atoms in total. The van der Waals surface area contributed by atoms with Gasteiger partial charge in [-0.25, -0.2) is 0 Å². The number of likely N-dealkylation sites (tertiary alicyclic amines) is 1. The van der Waals surface area contributed by atoms with Crippen LogP contribution in [0.25, 0.3) is 0 Å². The van der Waals surface area contributed by atoms with Crippen molar-refractivity contribution in [3.8, 4) is 0 Å². The highest BCUT2D eigenvalue weighted by Crippen LogP contribution is 2.13. The van der Waals surface area contributed by atoms with Crippen molar-refractivity contribution in [1.29, 1.82) is 0 Å². The summed E-state index contributed by atoms with van der Waals surface area (Å²) in [5.41, 5.74) is 0. The van der Waals surface area contributed by atoms with Gasteiger partial charge in [0.2, 0.25) is 0 Å². The summed E-state index contributed by atoms with van der Waals surface area (Å²) in [5.74, 6) is 0.524. The maximum Gasteiger partial charge on any atom is 0.0593 e. The van der Waals surface area contributed by atoms with E-state index >= 15 is 0 Å². The van der Waals surface area contributed by atoms with E-state index in [1.807, 2.05) is 0 Å². The largest absolute Gasteiger partial charge is 0.396 e. The molecule has 3 heteroatoms. The molecule has 1 heterocycles. The first-order valence-corrected chi connectivity index (χ1v) is 4.77. The number of hydrogen-bond acceptors (Lipinski definition) is 3. The van der Waals surface area contributed by atoms with Crippen molar-refractivity contribution in [2.45, 2.75) is 13.3 Å². The molecule has 12 heavy (non-hydrogen) atoms. The van der Waals surface area contributed by atoms with Crippen molar-refractivity contribution in [2.24, 2.45) is 5.92 Å². The van der Waals surface area contributed by atoms with Gasteiger partial charge in [-0.2, -0.15) is 0 Å². The smallest absolute Gasteiger partial charge is 0.0593 e. The molecule has 0 spiro atoms. The molecule has 1 aliphatic heterocycles. The van der Waals surface area contributed by atoms with Gasteiger partial charge >= 0.3 is 0 Å². The van der Waals surface area contributed by atoms with Crippen LogP contribution in [0, 0.1) is 5.92 Å². The number of rotatable bonds is 6. The molecule has 0 amide bonds. The molecular weight excluding hydrogens is 154 g/mol. The number of aliphatic hydroxyl groups excluding tert-OH is 1. The molecular formula is C9H19NO2. The third-order valence-corrected chi connectivity index (χ3v) is 2.19. The van der Waals surface area contributed by atoms with Crippen LogP contribution in [-0.2, 0) is 4.74 Å². The predicted molar refractivity (Wildman–Crippen MR) is 48.1 cm³/mol. The Morgan fingerprint density at radius 2 is 2.17 bits per heavy atom. The number of hydrogen-bond donors (Lipinski definition) is 1. The molecule has 1 rings (SSSR count). The standard InChI is InChI=1S/C9H19NO2/c1-2-4-12-5-3-10-6-9(7-10)8-11/h9,11H,2-8H2,1H3. The molecule has 0 aromatic rings. The molecule has 0 bridgehead atoms. The van der Waals surface area contributed by atoms with Gasteiger partial charge in [0.05, 0.1) is 6.61 Å². The van der Waals surface area contributed by atoms with Crippen molar-refractivity contribution < 1.29 is 9.84 Å². The van der Waals surface area contributed by atoms with Gasteiger partial charge in [0.15, 0.2) is 0 Å². The van der Waals surface area contributed by atoms with E-state index in [9.17, 15) is 0 Å². The van der Waals surface area contributed by atoms with Crippen LogP contribution in [0.1, 0.15) is 13.3 Å². The lowest BCUT2D eigenvalue weighted by Crippen LogP contribution is -2.49. The van der Waals surface area contributed by atoms with E-state index < -0.39 is 0 Å². The van der Waals surface area contributed by atoms with E-state index in [4.69, 9.17) is 9.84 Å². The Kier molecular flexibility index (Phi) is 4.58. The van der Waals surface area contributed by atoms with Crippen LogP contribution in [0.2, 0.25) is 0 Å². The summed E-state index contributed by atoms with van der Waals surface area (Å²) in [6, 6.07) is 0. The molecule has 0 saturated carbocycles. The molecule has 0 aromatic heterocycles. The second-order valence-electron chi connectivity index (χ2n) is 3.42. The minimum Gasteiger partial charge on any atom is -0.396 e. The normalized spacial score (nSPS) is 19.5. The first kappa shape index (κ1) is 9.96. The highest BCUT2D eigenvalue weighted by Gasteiger charge is 2.24. The lowest BCUT2D eigenvalue weighted by atomic mass is 10.0. The molecule has 1 N–H and O–H groups in total. The molecule has 1 aliphatic rings. The second-order valence-corrected chi connectivity index (χ2v) is 3.42. The van der Waals surface area contributed by atoms with Crippen molar-refractivity contribution in [3.05, 3.63) is 0 Å². The molecule has 1 saturated heterocycles. The summed E-state index contributed by atoms with van der Waals surface area (Å²) in [6.45, 7) is 7.29. The van der Waals surface area contributed by atoms with Crippen molar-refractivity contribution in [2.75, 3.05) is 39.5 Å². The van der Waals surface area contributed by atoms with Gasteiger partial charge in [-0.3, -0.25) is 0 Å². The third-order valence-electron chi connectivity index (χ3n) is 2.19. The second kappa shape index (κ2) is 5.51. The van der Waals surface area contributed by atoms with E-state index in [1.54, 1.807) is 0 Å².